The molecule has 0 saturated heterocycles. The van der Waals surface area contributed by atoms with Crippen molar-refractivity contribution < 1.29 is 9.47 Å². The standard InChI is InChI=1S/C20H20ClN3O2/c1-25-8-3-9-26-16-6-7-17-13(10-16)11-18-19(17)23-24-20(18)22-15-5-2-4-14(21)12-15/h2,4-7,10-12,22-24H,3,8-9H2,1H3. The summed E-state index contributed by atoms with van der Waals surface area (Å²) in [5, 5.41) is 12.8. The lowest BCUT2D eigenvalue weighted by Crippen LogP contribution is -2.00. The molecule has 2 aromatic rings. The molecule has 0 saturated carbocycles. The molecule has 1 aliphatic carbocycles. The van der Waals surface area contributed by atoms with Gasteiger partial charge in [-0.1, -0.05) is 17.7 Å². The highest BCUT2D eigenvalue weighted by Crippen LogP contribution is 2.39. The number of aromatic amines is 2. The van der Waals surface area contributed by atoms with Gasteiger partial charge < -0.3 is 14.8 Å². The maximum absolute atomic E-state index is 6.07. The first kappa shape index (κ1) is 16.8. The summed E-state index contributed by atoms with van der Waals surface area (Å²) in [5.41, 5.74) is 3.09. The van der Waals surface area contributed by atoms with Gasteiger partial charge in [0.15, 0.2) is 0 Å². The molecule has 26 heavy (non-hydrogen) atoms. The highest BCUT2D eigenvalue weighted by atomic mass is 35.5. The zero-order chi connectivity index (χ0) is 17.9. The second-order valence-corrected chi connectivity index (χ2v) is 6.57. The SMILES string of the molecule is COCCCOc1ccc2c3[nH][nH]c(Nc4cccc(Cl)c4)c-3cc2c1. The topological polar surface area (TPSA) is 62.1 Å². The number of H-pyrrole nitrogens is 2. The minimum atomic E-state index is 0.646. The maximum Gasteiger partial charge on any atom is 0.132 e. The molecule has 1 aliphatic heterocycles. The van der Waals surface area contributed by atoms with E-state index in [2.05, 4.69) is 33.7 Å². The van der Waals surface area contributed by atoms with E-state index in [1.165, 1.54) is 0 Å². The van der Waals surface area contributed by atoms with Gasteiger partial charge in [-0.3, -0.25) is 10.2 Å². The Morgan fingerprint density at radius 1 is 1.04 bits per heavy atom. The van der Waals surface area contributed by atoms with Gasteiger partial charge in [0.1, 0.15) is 11.6 Å². The Bertz CT molecular complexity index is 992. The van der Waals surface area contributed by atoms with E-state index < -0.39 is 0 Å². The Balaban J connectivity index is 1.58. The number of nitrogens with one attached hydrogen (secondary N) is 3. The molecule has 0 bridgehead atoms. The molecule has 5 nitrogen and oxygen atoms in total. The quantitative estimate of drug-likeness (QED) is 0.381. The first-order valence-corrected chi connectivity index (χ1v) is 8.89. The molecule has 0 spiro atoms. The van der Waals surface area contributed by atoms with Gasteiger partial charge in [-0.25, -0.2) is 0 Å². The number of aromatic nitrogens is 2. The summed E-state index contributed by atoms with van der Waals surface area (Å²) in [6.45, 7) is 1.35. The van der Waals surface area contributed by atoms with Gasteiger partial charge in [0, 0.05) is 41.8 Å². The number of hydrogen-bond acceptors (Lipinski definition) is 3. The summed E-state index contributed by atoms with van der Waals surface area (Å²) in [5.74, 6) is 1.77. The molecular formula is C20H20ClN3O2. The molecule has 2 aliphatic rings. The van der Waals surface area contributed by atoms with Gasteiger partial charge in [0.25, 0.3) is 0 Å². The second kappa shape index (κ2) is 7.32. The van der Waals surface area contributed by atoms with Crippen molar-refractivity contribution in [2.24, 2.45) is 0 Å². The first-order chi connectivity index (χ1) is 12.7. The van der Waals surface area contributed by atoms with Crippen molar-refractivity contribution in [3.63, 3.8) is 0 Å². The minimum absolute atomic E-state index is 0.646. The number of benzene rings is 2. The van der Waals surface area contributed by atoms with Gasteiger partial charge in [-0.15, -0.1) is 0 Å². The van der Waals surface area contributed by atoms with E-state index in [1.54, 1.807) is 7.11 Å². The Morgan fingerprint density at radius 3 is 2.81 bits per heavy atom. The predicted molar refractivity (Wildman–Crippen MR) is 106 cm³/mol. The van der Waals surface area contributed by atoms with Gasteiger partial charge >= 0.3 is 0 Å². The maximum atomic E-state index is 6.07. The Morgan fingerprint density at radius 2 is 1.96 bits per heavy atom. The molecule has 2 aromatic carbocycles. The number of hydrogen-bond donors (Lipinski definition) is 3. The second-order valence-electron chi connectivity index (χ2n) is 6.14. The van der Waals surface area contributed by atoms with Crippen LogP contribution in [0.4, 0.5) is 11.5 Å². The van der Waals surface area contributed by atoms with Gasteiger partial charge in [-0.05, 0) is 47.9 Å². The average molecular weight is 370 g/mol. The highest BCUT2D eigenvalue weighted by Gasteiger charge is 2.17. The molecule has 1 heterocycles. The van der Waals surface area contributed by atoms with Crippen LogP contribution in [0.3, 0.4) is 0 Å². The van der Waals surface area contributed by atoms with Gasteiger partial charge in [-0.2, -0.15) is 0 Å². The third kappa shape index (κ3) is 3.36. The van der Waals surface area contributed by atoms with Crippen LogP contribution in [-0.2, 0) is 4.74 Å². The summed E-state index contributed by atoms with van der Waals surface area (Å²) in [7, 11) is 1.70. The van der Waals surface area contributed by atoms with Gasteiger partial charge in [0.05, 0.1) is 12.3 Å². The average Bonchev–Trinajstić information content (AvgIpc) is 3.18. The van der Waals surface area contributed by atoms with Crippen molar-refractivity contribution >= 4 is 33.9 Å². The summed E-state index contributed by atoms with van der Waals surface area (Å²) in [4.78, 5) is 0. The lowest BCUT2D eigenvalue weighted by molar-refractivity contribution is 0.172. The fourth-order valence-corrected chi connectivity index (χ4v) is 3.27. The monoisotopic (exact) mass is 369 g/mol. The zero-order valence-electron chi connectivity index (χ0n) is 14.4. The fraction of sp³-hybridized carbons (Fsp3) is 0.200. The molecule has 0 fully saturated rings. The number of methoxy groups -OCH3 is 1. The van der Waals surface area contributed by atoms with E-state index in [-0.39, 0.29) is 0 Å². The van der Waals surface area contributed by atoms with Gasteiger partial charge in [0.2, 0.25) is 0 Å². The number of halogens is 1. The molecule has 0 amide bonds. The van der Waals surface area contributed by atoms with Crippen molar-refractivity contribution in [1.82, 2.24) is 10.2 Å². The van der Waals surface area contributed by atoms with E-state index in [0.717, 1.165) is 45.7 Å². The molecule has 0 unspecified atom stereocenters. The summed E-state index contributed by atoms with van der Waals surface area (Å²) in [6.07, 6.45) is 0.874. The van der Waals surface area contributed by atoms with Crippen LogP contribution in [0.25, 0.3) is 22.0 Å². The third-order valence-electron chi connectivity index (χ3n) is 4.30. The predicted octanol–water partition coefficient (Wildman–Crippen LogP) is 5.41. The Hall–Kier alpha value is -2.63. The van der Waals surface area contributed by atoms with Crippen LogP contribution in [0, 0.1) is 0 Å². The van der Waals surface area contributed by atoms with Crippen molar-refractivity contribution in [2.75, 3.05) is 25.6 Å². The highest BCUT2D eigenvalue weighted by molar-refractivity contribution is 6.30. The van der Waals surface area contributed by atoms with E-state index in [4.69, 9.17) is 21.1 Å². The van der Waals surface area contributed by atoms with Crippen LogP contribution in [0.2, 0.25) is 5.02 Å². The molecule has 4 rings (SSSR count). The number of rotatable bonds is 7. The number of ether oxygens (including phenoxy) is 2. The lowest BCUT2D eigenvalue weighted by Gasteiger charge is -2.05. The van der Waals surface area contributed by atoms with Crippen LogP contribution < -0.4 is 10.1 Å². The minimum Gasteiger partial charge on any atom is -0.493 e. The molecule has 0 radical (unpaired) electrons. The summed E-state index contributed by atoms with van der Waals surface area (Å²) < 4.78 is 10.8. The van der Waals surface area contributed by atoms with Crippen LogP contribution in [0.5, 0.6) is 5.75 Å². The van der Waals surface area contributed by atoms with E-state index >= 15 is 0 Å². The summed E-state index contributed by atoms with van der Waals surface area (Å²) >= 11 is 6.07. The molecule has 6 heteroatoms. The normalized spacial score (nSPS) is 11.3. The van der Waals surface area contributed by atoms with Crippen LogP contribution in [-0.4, -0.2) is 30.5 Å². The van der Waals surface area contributed by atoms with Crippen molar-refractivity contribution in [1.29, 1.82) is 0 Å². The first-order valence-electron chi connectivity index (χ1n) is 8.52. The number of fused-ring (bicyclic) bond motifs is 3. The fourth-order valence-electron chi connectivity index (χ4n) is 3.08. The van der Waals surface area contributed by atoms with Crippen LogP contribution in [0.1, 0.15) is 6.42 Å². The van der Waals surface area contributed by atoms with Crippen molar-refractivity contribution in [2.45, 2.75) is 6.42 Å². The summed E-state index contributed by atoms with van der Waals surface area (Å²) in [6, 6.07) is 15.9. The molecular weight excluding hydrogens is 350 g/mol. The third-order valence-corrected chi connectivity index (χ3v) is 4.53. The van der Waals surface area contributed by atoms with Crippen molar-refractivity contribution in [3.05, 3.63) is 53.6 Å². The van der Waals surface area contributed by atoms with E-state index in [9.17, 15) is 0 Å². The number of anilines is 2. The smallest absolute Gasteiger partial charge is 0.132 e. The molecule has 0 atom stereocenters. The van der Waals surface area contributed by atoms with E-state index in [0.29, 0.717) is 18.2 Å². The van der Waals surface area contributed by atoms with E-state index in [1.807, 2.05) is 30.3 Å². The van der Waals surface area contributed by atoms with Crippen molar-refractivity contribution in [3.8, 4) is 17.0 Å². The molecule has 0 aromatic heterocycles. The lowest BCUT2D eigenvalue weighted by atomic mass is 10.2. The van der Waals surface area contributed by atoms with Crippen LogP contribution in [0.15, 0.2) is 48.5 Å². The van der Waals surface area contributed by atoms with Crippen LogP contribution >= 0.6 is 11.6 Å². The largest absolute Gasteiger partial charge is 0.493 e. The Labute approximate surface area is 156 Å². The molecule has 3 N–H and O–H groups in total. The molecule has 134 valence electrons. The zero-order valence-corrected chi connectivity index (χ0v) is 15.2. The Kier molecular flexibility index (Phi) is 4.73.